The summed E-state index contributed by atoms with van der Waals surface area (Å²) in [6, 6.07) is 10.5. The molecule has 0 bridgehead atoms. The highest BCUT2D eigenvalue weighted by Crippen LogP contribution is 2.25. The first-order valence-electron chi connectivity index (χ1n) is 10.7. The standard InChI is InChI=1S/C24H28ClFN2O3S/c1-18-10-12-20(13-11-18)32(30,31)28(16-21-22(25)8-5-9-23(21)26)17-24(29)27-15-14-19-6-3-2-4-7-19/h5-6,8-13H,2-4,7,14-17H2,1H3,(H,27,29). The number of rotatable bonds is 9. The second kappa shape index (κ2) is 11.1. The van der Waals surface area contributed by atoms with Gasteiger partial charge in [-0.2, -0.15) is 4.31 Å². The van der Waals surface area contributed by atoms with E-state index in [1.165, 1.54) is 42.3 Å². The topological polar surface area (TPSA) is 66.5 Å². The van der Waals surface area contributed by atoms with Gasteiger partial charge in [0.05, 0.1) is 11.4 Å². The number of allylic oxidation sites excluding steroid dienone is 1. The van der Waals surface area contributed by atoms with Crippen molar-refractivity contribution in [2.24, 2.45) is 0 Å². The first kappa shape index (κ1) is 24.4. The predicted octanol–water partition coefficient (Wildman–Crippen LogP) is 4.99. The van der Waals surface area contributed by atoms with Gasteiger partial charge in [0.2, 0.25) is 15.9 Å². The van der Waals surface area contributed by atoms with Crippen LogP contribution in [0, 0.1) is 12.7 Å². The Hall–Kier alpha value is -2.22. The molecule has 0 atom stereocenters. The zero-order valence-corrected chi connectivity index (χ0v) is 19.7. The van der Waals surface area contributed by atoms with Gasteiger partial charge in [-0.1, -0.05) is 47.0 Å². The van der Waals surface area contributed by atoms with Crippen molar-refractivity contribution >= 4 is 27.5 Å². The van der Waals surface area contributed by atoms with Gasteiger partial charge >= 0.3 is 0 Å². The Labute approximate surface area is 194 Å². The van der Waals surface area contributed by atoms with E-state index in [1.807, 2.05) is 6.92 Å². The number of carbonyl (C=O) groups excluding carboxylic acids is 1. The molecule has 172 valence electrons. The number of carbonyl (C=O) groups is 1. The van der Waals surface area contributed by atoms with Gasteiger partial charge in [-0.15, -0.1) is 0 Å². The monoisotopic (exact) mass is 478 g/mol. The zero-order chi connectivity index (χ0) is 23.1. The summed E-state index contributed by atoms with van der Waals surface area (Å²) in [5, 5.41) is 2.91. The highest BCUT2D eigenvalue weighted by atomic mass is 35.5. The third-order valence-electron chi connectivity index (χ3n) is 5.53. The average molecular weight is 479 g/mol. The van der Waals surface area contributed by atoms with Crippen LogP contribution in [0.4, 0.5) is 4.39 Å². The molecule has 0 spiro atoms. The number of halogens is 2. The van der Waals surface area contributed by atoms with Gasteiger partial charge in [0.1, 0.15) is 5.82 Å². The average Bonchev–Trinajstić information content (AvgIpc) is 2.76. The van der Waals surface area contributed by atoms with E-state index in [0.29, 0.717) is 6.54 Å². The Bertz CT molecular complexity index is 1060. The minimum Gasteiger partial charge on any atom is -0.355 e. The number of amides is 1. The van der Waals surface area contributed by atoms with E-state index in [2.05, 4.69) is 11.4 Å². The van der Waals surface area contributed by atoms with Crippen LogP contribution in [0.15, 0.2) is 59.0 Å². The fourth-order valence-electron chi connectivity index (χ4n) is 3.66. The minimum absolute atomic E-state index is 0.0324. The molecule has 2 aromatic rings. The van der Waals surface area contributed by atoms with Gasteiger partial charge in [0, 0.05) is 23.7 Å². The van der Waals surface area contributed by atoms with Crippen molar-refractivity contribution < 1.29 is 17.6 Å². The molecule has 0 fully saturated rings. The fourth-order valence-corrected chi connectivity index (χ4v) is 5.24. The van der Waals surface area contributed by atoms with Gasteiger partial charge in [0.15, 0.2) is 0 Å². The quantitative estimate of drug-likeness (QED) is 0.516. The van der Waals surface area contributed by atoms with Crippen molar-refractivity contribution in [2.75, 3.05) is 13.1 Å². The Morgan fingerprint density at radius 3 is 2.56 bits per heavy atom. The normalized spacial score (nSPS) is 14.3. The van der Waals surface area contributed by atoms with Crippen LogP contribution in [-0.4, -0.2) is 31.7 Å². The van der Waals surface area contributed by atoms with Gasteiger partial charge in [-0.05, 0) is 63.3 Å². The molecule has 0 saturated heterocycles. The molecule has 2 aromatic carbocycles. The number of aryl methyl sites for hydroxylation is 1. The number of sulfonamides is 1. The summed E-state index contributed by atoms with van der Waals surface area (Å²) in [6.07, 6.45) is 7.41. The summed E-state index contributed by atoms with van der Waals surface area (Å²) in [5.41, 5.74) is 2.26. The number of benzene rings is 2. The second-order valence-corrected chi connectivity index (χ2v) is 10.3. The number of hydrogen-bond acceptors (Lipinski definition) is 3. The first-order valence-corrected chi connectivity index (χ1v) is 12.5. The molecule has 5 nitrogen and oxygen atoms in total. The number of nitrogens with zero attached hydrogens (tertiary/aromatic N) is 1. The molecular weight excluding hydrogens is 451 g/mol. The largest absolute Gasteiger partial charge is 0.355 e. The molecule has 32 heavy (non-hydrogen) atoms. The molecule has 3 rings (SSSR count). The lowest BCUT2D eigenvalue weighted by atomic mass is 9.97. The van der Waals surface area contributed by atoms with E-state index in [1.54, 1.807) is 12.1 Å². The smallest absolute Gasteiger partial charge is 0.243 e. The molecule has 0 radical (unpaired) electrons. The zero-order valence-electron chi connectivity index (χ0n) is 18.1. The highest BCUT2D eigenvalue weighted by Gasteiger charge is 2.28. The van der Waals surface area contributed by atoms with Crippen molar-refractivity contribution in [3.8, 4) is 0 Å². The van der Waals surface area contributed by atoms with Gasteiger partial charge in [-0.3, -0.25) is 4.79 Å². The van der Waals surface area contributed by atoms with E-state index in [0.717, 1.165) is 35.6 Å². The van der Waals surface area contributed by atoms with E-state index < -0.39 is 28.3 Å². The summed E-state index contributed by atoms with van der Waals surface area (Å²) >= 11 is 6.13. The van der Waals surface area contributed by atoms with Crippen LogP contribution in [0.25, 0.3) is 0 Å². The van der Waals surface area contributed by atoms with Crippen molar-refractivity contribution in [3.05, 3.63) is 76.1 Å². The van der Waals surface area contributed by atoms with Crippen LogP contribution in [0.5, 0.6) is 0 Å². The Morgan fingerprint density at radius 2 is 1.91 bits per heavy atom. The molecule has 1 aliphatic carbocycles. The second-order valence-electron chi connectivity index (χ2n) is 7.99. The van der Waals surface area contributed by atoms with Crippen molar-refractivity contribution in [1.82, 2.24) is 9.62 Å². The van der Waals surface area contributed by atoms with Crippen LogP contribution < -0.4 is 5.32 Å². The van der Waals surface area contributed by atoms with Gasteiger partial charge in [-0.25, -0.2) is 12.8 Å². The van der Waals surface area contributed by atoms with Crippen molar-refractivity contribution in [1.29, 1.82) is 0 Å². The van der Waals surface area contributed by atoms with Crippen molar-refractivity contribution in [2.45, 2.75) is 50.5 Å². The number of hydrogen-bond donors (Lipinski definition) is 1. The fraction of sp³-hybridized carbons (Fsp3) is 0.375. The van der Waals surface area contributed by atoms with Gasteiger partial charge < -0.3 is 5.32 Å². The van der Waals surface area contributed by atoms with Crippen LogP contribution in [0.3, 0.4) is 0 Å². The van der Waals surface area contributed by atoms with E-state index in [-0.39, 0.29) is 22.0 Å². The molecule has 0 aliphatic heterocycles. The van der Waals surface area contributed by atoms with Crippen LogP contribution in [0.1, 0.15) is 43.2 Å². The summed E-state index contributed by atoms with van der Waals surface area (Å²) in [4.78, 5) is 12.7. The lowest BCUT2D eigenvalue weighted by molar-refractivity contribution is -0.121. The van der Waals surface area contributed by atoms with Gasteiger partial charge in [0.25, 0.3) is 0 Å². The molecule has 0 saturated carbocycles. The lowest BCUT2D eigenvalue weighted by Gasteiger charge is -2.23. The molecule has 0 aromatic heterocycles. The third kappa shape index (κ3) is 6.40. The maximum Gasteiger partial charge on any atom is 0.243 e. The lowest BCUT2D eigenvalue weighted by Crippen LogP contribution is -2.40. The molecule has 0 heterocycles. The van der Waals surface area contributed by atoms with Crippen LogP contribution >= 0.6 is 11.6 Å². The minimum atomic E-state index is -4.05. The summed E-state index contributed by atoms with van der Waals surface area (Å²) in [7, 11) is -4.05. The Balaban J connectivity index is 1.77. The van der Waals surface area contributed by atoms with E-state index in [4.69, 9.17) is 11.6 Å². The van der Waals surface area contributed by atoms with Crippen LogP contribution in [0.2, 0.25) is 5.02 Å². The van der Waals surface area contributed by atoms with Crippen LogP contribution in [-0.2, 0) is 21.4 Å². The highest BCUT2D eigenvalue weighted by molar-refractivity contribution is 7.89. The molecule has 8 heteroatoms. The predicted molar refractivity (Wildman–Crippen MR) is 124 cm³/mol. The maximum atomic E-state index is 14.4. The molecule has 1 aliphatic rings. The third-order valence-corrected chi connectivity index (χ3v) is 7.69. The SMILES string of the molecule is Cc1ccc(S(=O)(=O)N(CC(=O)NCCC2=CCCCC2)Cc2c(F)cccc2Cl)cc1. The molecule has 1 amide bonds. The summed E-state index contributed by atoms with van der Waals surface area (Å²) in [6.45, 7) is 1.51. The Kier molecular flexibility index (Phi) is 8.45. The van der Waals surface area contributed by atoms with Crippen molar-refractivity contribution in [3.63, 3.8) is 0 Å². The molecule has 0 unspecified atom stereocenters. The number of nitrogens with one attached hydrogen (secondary N) is 1. The maximum absolute atomic E-state index is 14.4. The first-order chi connectivity index (χ1) is 15.3. The Morgan fingerprint density at radius 1 is 1.16 bits per heavy atom. The van der Waals surface area contributed by atoms with E-state index >= 15 is 0 Å². The summed E-state index contributed by atoms with van der Waals surface area (Å²) < 4.78 is 42.0. The summed E-state index contributed by atoms with van der Waals surface area (Å²) in [5.74, 6) is -1.06. The van der Waals surface area contributed by atoms with E-state index in [9.17, 15) is 17.6 Å². The molecular formula is C24H28ClFN2O3S. The molecule has 1 N–H and O–H groups in total.